The Balaban J connectivity index is 1.53. The quantitative estimate of drug-likeness (QED) is 0.642. The molecule has 1 atom stereocenters. The predicted octanol–water partition coefficient (Wildman–Crippen LogP) is 4.45. The number of amides is 1. The summed E-state index contributed by atoms with van der Waals surface area (Å²) in [5.74, 6) is -0.00465. The number of likely N-dealkylation sites (tertiary alicyclic amines) is 1. The number of nitrogens with zero attached hydrogens (tertiary/aromatic N) is 1. The van der Waals surface area contributed by atoms with Crippen molar-refractivity contribution in [1.29, 1.82) is 0 Å². The minimum atomic E-state index is -0.825. The largest absolute Gasteiger partial charge is 0.448 e. The second kappa shape index (κ2) is 9.20. The number of piperidine rings is 1. The number of nitrogens with one attached hydrogen (secondary N) is 2. The molecule has 0 saturated carbocycles. The third-order valence-electron chi connectivity index (χ3n) is 6.71. The lowest BCUT2D eigenvalue weighted by molar-refractivity contribution is -0.124. The van der Waals surface area contributed by atoms with Gasteiger partial charge in [-0.2, -0.15) is 0 Å². The summed E-state index contributed by atoms with van der Waals surface area (Å²) in [7, 11) is 0. The van der Waals surface area contributed by atoms with Gasteiger partial charge in [-0.25, -0.2) is 0 Å². The summed E-state index contributed by atoms with van der Waals surface area (Å²) in [5, 5.41) is 3.40. The molecular formula is C24H29Cl2N3O4. The van der Waals surface area contributed by atoms with Crippen LogP contribution in [0.1, 0.15) is 53.9 Å². The van der Waals surface area contributed by atoms with Crippen molar-refractivity contribution in [2.75, 3.05) is 19.6 Å². The molecule has 2 aromatic rings. The standard InChI is InChI=1S/C24H29Cl2N3O4/c1-5-29-8-6-15(7-9-29)24(4)32-20-14(3)16(11-19(26)21(20)33-24)22(30)27-12-17-18(25)10-13(2)28-23(17)31/h10-11,15H,5-9,12H2,1-4H3,(H,27,30)(H,28,31). The van der Waals surface area contributed by atoms with E-state index in [9.17, 15) is 9.59 Å². The Bertz CT molecular complexity index is 1140. The van der Waals surface area contributed by atoms with E-state index in [0.717, 1.165) is 32.5 Å². The molecule has 0 spiro atoms. The summed E-state index contributed by atoms with van der Waals surface area (Å²) in [6.07, 6.45) is 1.93. The van der Waals surface area contributed by atoms with Crippen molar-refractivity contribution in [3.63, 3.8) is 0 Å². The van der Waals surface area contributed by atoms with Gasteiger partial charge in [-0.1, -0.05) is 30.1 Å². The van der Waals surface area contributed by atoms with E-state index in [4.69, 9.17) is 32.7 Å². The smallest absolute Gasteiger partial charge is 0.254 e. The van der Waals surface area contributed by atoms with E-state index in [0.29, 0.717) is 43.9 Å². The highest BCUT2D eigenvalue weighted by Gasteiger charge is 2.47. The molecule has 4 rings (SSSR count). The van der Waals surface area contributed by atoms with Gasteiger partial charge in [-0.3, -0.25) is 9.59 Å². The number of fused-ring (bicyclic) bond motifs is 1. The summed E-state index contributed by atoms with van der Waals surface area (Å²) >= 11 is 12.7. The highest BCUT2D eigenvalue weighted by Crippen LogP contribution is 2.51. The number of benzene rings is 1. The summed E-state index contributed by atoms with van der Waals surface area (Å²) in [6, 6.07) is 3.24. The summed E-state index contributed by atoms with van der Waals surface area (Å²) in [4.78, 5) is 30.3. The molecule has 1 fully saturated rings. The second-order valence-electron chi connectivity index (χ2n) is 8.91. The third kappa shape index (κ3) is 4.59. The fourth-order valence-corrected chi connectivity index (χ4v) is 5.18. The van der Waals surface area contributed by atoms with E-state index in [1.807, 2.05) is 13.8 Å². The fraction of sp³-hybridized carbons (Fsp3) is 0.500. The van der Waals surface area contributed by atoms with Crippen molar-refractivity contribution in [1.82, 2.24) is 15.2 Å². The lowest BCUT2D eigenvalue weighted by Crippen LogP contribution is -2.48. The summed E-state index contributed by atoms with van der Waals surface area (Å²) in [6.45, 7) is 10.7. The number of hydrogen-bond donors (Lipinski definition) is 2. The van der Waals surface area contributed by atoms with Crippen molar-refractivity contribution in [3.05, 3.63) is 54.9 Å². The van der Waals surface area contributed by atoms with Crippen LogP contribution in [0.5, 0.6) is 11.5 Å². The number of halogens is 2. The zero-order chi connectivity index (χ0) is 23.9. The first kappa shape index (κ1) is 23.9. The maximum absolute atomic E-state index is 13.0. The van der Waals surface area contributed by atoms with Crippen molar-refractivity contribution in [2.45, 2.75) is 52.9 Å². The molecule has 1 amide bonds. The van der Waals surface area contributed by atoms with Crippen LogP contribution in [0.15, 0.2) is 16.9 Å². The Morgan fingerprint density at radius 2 is 1.85 bits per heavy atom. The van der Waals surface area contributed by atoms with Gasteiger partial charge in [0, 0.05) is 29.7 Å². The minimum Gasteiger partial charge on any atom is -0.448 e. The number of H-pyrrole nitrogens is 1. The first-order chi connectivity index (χ1) is 15.6. The molecule has 7 nitrogen and oxygen atoms in total. The second-order valence-corrected chi connectivity index (χ2v) is 9.72. The highest BCUT2D eigenvalue weighted by molar-refractivity contribution is 6.33. The Morgan fingerprint density at radius 3 is 2.48 bits per heavy atom. The van der Waals surface area contributed by atoms with Crippen molar-refractivity contribution in [2.24, 2.45) is 5.92 Å². The molecule has 9 heteroatoms. The third-order valence-corrected chi connectivity index (χ3v) is 7.33. The molecule has 0 bridgehead atoms. The van der Waals surface area contributed by atoms with E-state index in [1.165, 1.54) is 0 Å². The number of aromatic nitrogens is 1. The number of rotatable bonds is 5. The molecule has 2 N–H and O–H groups in total. The Kier molecular flexibility index (Phi) is 6.67. The minimum absolute atomic E-state index is 0.00744. The molecule has 33 heavy (non-hydrogen) atoms. The van der Waals surface area contributed by atoms with Gasteiger partial charge in [-0.05, 0) is 58.5 Å². The molecule has 2 aliphatic heterocycles. The van der Waals surface area contributed by atoms with Gasteiger partial charge >= 0.3 is 0 Å². The van der Waals surface area contributed by atoms with Gasteiger partial charge in [0.15, 0.2) is 11.5 Å². The van der Waals surface area contributed by atoms with Crippen LogP contribution in [0, 0.1) is 19.8 Å². The average Bonchev–Trinajstić information content (AvgIpc) is 3.15. The SMILES string of the molecule is CCN1CCC(C2(C)Oc3c(Cl)cc(C(=O)NCc4c(Cl)cc(C)[nH]c4=O)c(C)c3O2)CC1. The van der Waals surface area contributed by atoms with E-state index in [1.54, 1.807) is 19.1 Å². The molecule has 2 aliphatic rings. The van der Waals surface area contributed by atoms with E-state index in [2.05, 4.69) is 22.1 Å². The first-order valence-corrected chi connectivity index (χ1v) is 12.0. The van der Waals surface area contributed by atoms with Crippen molar-refractivity contribution < 1.29 is 14.3 Å². The van der Waals surface area contributed by atoms with Crippen LogP contribution in [0.2, 0.25) is 10.0 Å². The van der Waals surface area contributed by atoms with Crippen molar-refractivity contribution >= 4 is 29.1 Å². The maximum Gasteiger partial charge on any atom is 0.254 e. The molecule has 1 aromatic carbocycles. The predicted molar refractivity (Wildman–Crippen MR) is 129 cm³/mol. The molecular weight excluding hydrogens is 465 g/mol. The molecule has 1 saturated heterocycles. The summed E-state index contributed by atoms with van der Waals surface area (Å²) in [5.41, 5.74) is 1.64. The molecule has 1 unspecified atom stereocenters. The molecule has 1 aromatic heterocycles. The van der Waals surface area contributed by atoms with Crippen LogP contribution >= 0.6 is 23.2 Å². The monoisotopic (exact) mass is 493 g/mol. The molecule has 0 aliphatic carbocycles. The normalized spacial score (nSPS) is 20.8. The molecule has 0 radical (unpaired) electrons. The number of hydrogen-bond acceptors (Lipinski definition) is 5. The van der Waals surface area contributed by atoms with Crippen LogP contribution in [-0.4, -0.2) is 41.2 Å². The zero-order valence-corrected chi connectivity index (χ0v) is 20.8. The topological polar surface area (TPSA) is 83.7 Å². The highest BCUT2D eigenvalue weighted by atomic mass is 35.5. The number of carbonyl (C=O) groups is 1. The number of aryl methyl sites for hydroxylation is 1. The van der Waals surface area contributed by atoms with Gasteiger partial charge in [0.05, 0.1) is 22.2 Å². The maximum atomic E-state index is 13.0. The van der Waals surface area contributed by atoms with Crippen LogP contribution in [0.3, 0.4) is 0 Å². The van der Waals surface area contributed by atoms with Crippen LogP contribution in [0.4, 0.5) is 0 Å². The molecule has 178 valence electrons. The Labute approximate surface area is 203 Å². The van der Waals surface area contributed by atoms with Crippen LogP contribution in [-0.2, 0) is 6.54 Å². The van der Waals surface area contributed by atoms with Gasteiger partial charge in [0.2, 0.25) is 0 Å². The van der Waals surface area contributed by atoms with Gasteiger partial charge in [0.25, 0.3) is 17.3 Å². The molecule has 3 heterocycles. The van der Waals surface area contributed by atoms with E-state index in [-0.39, 0.29) is 23.9 Å². The van der Waals surface area contributed by atoms with E-state index < -0.39 is 5.79 Å². The summed E-state index contributed by atoms with van der Waals surface area (Å²) < 4.78 is 12.6. The average molecular weight is 494 g/mol. The lowest BCUT2D eigenvalue weighted by Gasteiger charge is -2.38. The van der Waals surface area contributed by atoms with Crippen molar-refractivity contribution in [3.8, 4) is 11.5 Å². The van der Waals surface area contributed by atoms with Gasteiger partial charge in [0.1, 0.15) is 0 Å². The number of aromatic amines is 1. The number of ether oxygens (including phenoxy) is 2. The number of carbonyl (C=O) groups excluding carboxylic acids is 1. The van der Waals surface area contributed by atoms with Gasteiger partial charge < -0.3 is 24.7 Å². The first-order valence-electron chi connectivity index (χ1n) is 11.2. The number of pyridine rings is 1. The Morgan fingerprint density at radius 1 is 1.18 bits per heavy atom. The fourth-order valence-electron chi connectivity index (χ4n) is 4.63. The Hall–Kier alpha value is -2.22. The zero-order valence-electron chi connectivity index (χ0n) is 19.3. The van der Waals surface area contributed by atoms with Crippen LogP contribution < -0.4 is 20.3 Å². The lowest BCUT2D eigenvalue weighted by atomic mass is 9.89. The van der Waals surface area contributed by atoms with Gasteiger partial charge in [-0.15, -0.1) is 0 Å². The van der Waals surface area contributed by atoms with E-state index >= 15 is 0 Å². The van der Waals surface area contributed by atoms with Crippen LogP contribution in [0.25, 0.3) is 0 Å².